The number of hydrogen-bond donors (Lipinski definition) is 0. The third-order valence-electron chi connectivity index (χ3n) is 4.11. The Hall–Kier alpha value is -0.930. The molecule has 1 aliphatic rings. The first-order valence-electron chi connectivity index (χ1n) is 8.67. The lowest BCUT2D eigenvalue weighted by atomic mass is 10.1. The second-order valence-corrected chi connectivity index (χ2v) is 8.03. The molecule has 0 aromatic heterocycles. The van der Waals surface area contributed by atoms with E-state index in [1.165, 1.54) is 37.7 Å². The molecule has 0 radical (unpaired) electrons. The van der Waals surface area contributed by atoms with Gasteiger partial charge in [-0.15, -0.1) is 0 Å². The molecule has 1 aliphatic heterocycles. The maximum absolute atomic E-state index is 12.3. The Balaban J connectivity index is 0.00000139. The Kier molecular flexibility index (Phi) is 10.9. The highest BCUT2D eigenvalue weighted by molar-refractivity contribution is 7.85. The van der Waals surface area contributed by atoms with Crippen molar-refractivity contribution in [2.75, 3.05) is 12.5 Å². The highest BCUT2D eigenvalue weighted by Gasteiger charge is 2.16. The van der Waals surface area contributed by atoms with Gasteiger partial charge in [-0.05, 0) is 30.5 Å². The van der Waals surface area contributed by atoms with Crippen LogP contribution in [-0.4, -0.2) is 22.0 Å². The fraction of sp³-hybridized carbons (Fsp3) is 0.667. The fourth-order valence-electron chi connectivity index (χ4n) is 2.72. The highest BCUT2D eigenvalue weighted by Crippen LogP contribution is 2.33. The SMILES string of the molecule is CCCCCCCCS(=O)C(C)Cc1ccc2c(c1)OCO2.O=P. The molecule has 0 N–H and O–H groups in total. The molecule has 136 valence electrons. The molecule has 0 amide bonds. The van der Waals surface area contributed by atoms with Crippen molar-refractivity contribution in [3.8, 4) is 11.5 Å². The number of benzene rings is 1. The number of hydrogen-bond acceptors (Lipinski definition) is 4. The van der Waals surface area contributed by atoms with Crippen molar-refractivity contribution in [3.05, 3.63) is 23.8 Å². The molecule has 0 aliphatic carbocycles. The van der Waals surface area contributed by atoms with Gasteiger partial charge >= 0.3 is 0 Å². The molecule has 6 heteroatoms. The normalized spacial score (nSPS) is 14.6. The quantitative estimate of drug-likeness (QED) is 0.432. The first-order valence-corrected chi connectivity index (χ1v) is 10.5. The van der Waals surface area contributed by atoms with Crippen LogP contribution in [0.2, 0.25) is 0 Å². The summed E-state index contributed by atoms with van der Waals surface area (Å²) in [4.78, 5) is 0. The molecule has 0 fully saturated rings. The van der Waals surface area contributed by atoms with E-state index in [0.29, 0.717) is 6.79 Å². The van der Waals surface area contributed by atoms with Crippen LogP contribution in [0.1, 0.15) is 57.9 Å². The van der Waals surface area contributed by atoms with E-state index in [1.54, 1.807) is 9.12 Å². The molecule has 24 heavy (non-hydrogen) atoms. The van der Waals surface area contributed by atoms with Crippen LogP contribution >= 0.6 is 9.12 Å². The molecule has 0 spiro atoms. The molecule has 1 aromatic rings. The topological polar surface area (TPSA) is 52.6 Å². The van der Waals surface area contributed by atoms with E-state index in [-0.39, 0.29) is 5.25 Å². The van der Waals surface area contributed by atoms with Crippen LogP contribution in [0, 0.1) is 0 Å². The molecule has 2 rings (SSSR count). The number of rotatable bonds is 10. The van der Waals surface area contributed by atoms with E-state index in [1.807, 2.05) is 18.2 Å². The number of ether oxygens (including phenoxy) is 2. The predicted octanol–water partition coefficient (Wildman–Crippen LogP) is 4.93. The first kappa shape index (κ1) is 21.1. The van der Waals surface area contributed by atoms with Gasteiger partial charge in [0.25, 0.3) is 0 Å². The van der Waals surface area contributed by atoms with Gasteiger partial charge in [0.05, 0.1) is 0 Å². The number of unbranched alkanes of at least 4 members (excludes halogenated alkanes) is 5. The van der Waals surface area contributed by atoms with Gasteiger partial charge in [-0.2, -0.15) is 0 Å². The molecular weight excluding hydrogens is 343 g/mol. The molecule has 2 atom stereocenters. The van der Waals surface area contributed by atoms with Crippen LogP contribution in [0.25, 0.3) is 0 Å². The molecule has 0 saturated carbocycles. The maximum atomic E-state index is 12.3. The zero-order valence-corrected chi connectivity index (χ0v) is 16.5. The van der Waals surface area contributed by atoms with E-state index >= 15 is 0 Å². The predicted molar refractivity (Wildman–Crippen MR) is 101 cm³/mol. The summed E-state index contributed by atoms with van der Waals surface area (Å²) < 4.78 is 31.1. The highest BCUT2D eigenvalue weighted by atomic mass is 32.2. The number of fused-ring (bicyclic) bond motifs is 1. The third kappa shape index (κ3) is 7.31. The molecule has 4 nitrogen and oxygen atoms in total. The van der Waals surface area contributed by atoms with Gasteiger partial charge in [-0.1, -0.05) is 52.0 Å². The van der Waals surface area contributed by atoms with E-state index in [4.69, 9.17) is 14.0 Å². The van der Waals surface area contributed by atoms with E-state index in [0.717, 1.165) is 30.1 Å². The average molecular weight is 372 g/mol. The minimum absolute atomic E-state index is 0.191. The van der Waals surface area contributed by atoms with Gasteiger partial charge < -0.3 is 9.47 Å². The van der Waals surface area contributed by atoms with Crippen molar-refractivity contribution in [3.63, 3.8) is 0 Å². The van der Waals surface area contributed by atoms with Crippen LogP contribution in [0.3, 0.4) is 0 Å². The standard InChI is InChI=1S/C18H28O3S.HOP/c1-3-4-5-6-7-8-11-22(19)15(2)12-16-9-10-17-18(13-16)21-14-20-17;1-2/h9-10,13,15H,3-8,11-12,14H2,1-2H3;2H. The van der Waals surface area contributed by atoms with Crippen molar-refractivity contribution in [2.45, 2.75) is 64.0 Å². The monoisotopic (exact) mass is 372 g/mol. The van der Waals surface area contributed by atoms with Crippen LogP contribution < -0.4 is 9.47 Å². The Bertz CT molecular complexity index is 510. The van der Waals surface area contributed by atoms with Gasteiger partial charge in [-0.25, -0.2) is 0 Å². The summed E-state index contributed by atoms with van der Waals surface area (Å²) in [5.74, 6) is 2.45. The van der Waals surface area contributed by atoms with Crippen molar-refractivity contribution in [1.29, 1.82) is 0 Å². The minimum atomic E-state index is -0.743. The summed E-state index contributed by atoms with van der Waals surface area (Å²) in [5, 5.41) is 0.191. The Labute approximate surface area is 150 Å². The van der Waals surface area contributed by atoms with Gasteiger partial charge in [-0.3, -0.25) is 8.77 Å². The lowest BCUT2D eigenvalue weighted by Crippen LogP contribution is -2.16. The molecule has 1 heterocycles. The molecular formula is C18H29O4PS. The first-order chi connectivity index (χ1) is 11.7. The molecule has 0 bridgehead atoms. The summed E-state index contributed by atoms with van der Waals surface area (Å²) in [6, 6.07) is 6.01. The third-order valence-corrected chi connectivity index (χ3v) is 5.86. The van der Waals surface area contributed by atoms with E-state index < -0.39 is 10.8 Å². The summed E-state index contributed by atoms with van der Waals surface area (Å²) in [6.45, 7) is 4.61. The van der Waals surface area contributed by atoms with Crippen LogP contribution in [0.15, 0.2) is 18.2 Å². The lowest BCUT2D eigenvalue weighted by Gasteiger charge is -2.12. The second-order valence-electron chi connectivity index (χ2n) is 6.05. The summed E-state index contributed by atoms with van der Waals surface area (Å²) in [5.41, 5.74) is 1.17. The Morgan fingerprint density at radius 3 is 2.50 bits per heavy atom. The van der Waals surface area contributed by atoms with Crippen LogP contribution in [-0.2, 0) is 21.8 Å². The van der Waals surface area contributed by atoms with Gasteiger partial charge in [0, 0.05) is 21.8 Å². The lowest BCUT2D eigenvalue weighted by molar-refractivity contribution is 0.174. The Morgan fingerprint density at radius 1 is 1.08 bits per heavy atom. The van der Waals surface area contributed by atoms with Crippen LogP contribution in [0.4, 0.5) is 0 Å². The maximum Gasteiger partial charge on any atom is 0.231 e. The zero-order chi connectivity index (χ0) is 17.8. The van der Waals surface area contributed by atoms with Gasteiger partial charge in [0.2, 0.25) is 6.79 Å². The fourth-order valence-corrected chi connectivity index (χ4v) is 3.99. The van der Waals surface area contributed by atoms with Crippen molar-refractivity contribution < 1.29 is 18.2 Å². The smallest absolute Gasteiger partial charge is 0.231 e. The average Bonchev–Trinajstić information content (AvgIpc) is 3.07. The zero-order valence-electron chi connectivity index (χ0n) is 14.7. The minimum Gasteiger partial charge on any atom is -0.454 e. The van der Waals surface area contributed by atoms with E-state index in [2.05, 4.69) is 13.8 Å². The molecule has 0 saturated heterocycles. The largest absolute Gasteiger partial charge is 0.454 e. The second kappa shape index (κ2) is 12.4. The summed E-state index contributed by atoms with van der Waals surface area (Å²) >= 11 is 0. The van der Waals surface area contributed by atoms with Crippen LogP contribution in [0.5, 0.6) is 11.5 Å². The molecule has 1 aromatic carbocycles. The van der Waals surface area contributed by atoms with Crippen molar-refractivity contribution >= 4 is 19.9 Å². The van der Waals surface area contributed by atoms with Crippen molar-refractivity contribution in [2.24, 2.45) is 0 Å². The van der Waals surface area contributed by atoms with Crippen molar-refractivity contribution in [1.82, 2.24) is 0 Å². The summed E-state index contributed by atoms with van der Waals surface area (Å²) in [7, 11) is 0.979. The molecule has 2 unspecified atom stereocenters. The van der Waals surface area contributed by atoms with Gasteiger partial charge in [0.1, 0.15) is 9.12 Å². The summed E-state index contributed by atoms with van der Waals surface area (Å²) in [6.07, 6.45) is 8.32. The van der Waals surface area contributed by atoms with E-state index in [9.17, 15) is 4.21 Å². The Morgan fingerprint density at radius 2 is 1.75 bits per heavy atom. The van der Waals surface area contributed by atoms with Gasteiger partial charge in [0.15, 0.2) is 11.5 Å².